The van der Waals surface area contributed by atoms with Crippen molar-refractivity contribution in [2.24, 2.45) is 34.0 Å². The van der Waals surface area contributed by atoms with Crippen LogP contribution in [0.3, 0.4) is 0 Å². The number of rotatable bonds is 1. The summed E-state index contributed by atoms with van der Waals surface area (Å²) in [4.78, 5) is 12.2. The molecule has 106 valence electrons. The summed E-state index contributed by atoms with van der Waals surface area (Å²) >= 11 is 0. The lowest BCUT2D eigenvalue weighted by atomic mass is 9.63. The van der Waals surface area contributed by atoms with E-state index in [1.165, 1.54) is 0 Å². The number of cyclic esters (lactones) is 1. The Morgan fingerprint density at radius 1 is 1.32 bits per heavy atom. The molecule has 0 amide bonds. The number of aliphatic hydroxyl groups is 2. The topological polar surface area (TPSA) is 66.8 Å². The fourth-order valence-corrected chi connectivity index (χ4v) is 5.80. The smallest absolute Gasteiger partial charge is 0.313 e. The van der Waals surface area contributed by atoms with Gasteiger partial charge in [0, 0.05) is 12.5 Å². The number of hydrogen-bond donors (Lipinski definition) is 2. The van der Waals surface area contributed by atoms with Gasteiger partial charge in [-0.25, -0.2) is 0 Å². The zero-order valence-electron chi connectivity index (χ0n) is 11.6. The van der Waals surface area contributed by atoms with Gasteiger partial charge in [-0.3, -0.25) is 4.79 Å². The third kappa shape index (κ3) is 1.13. The quantitative estimate of drug-likeness (QED) is 0.694. The number of carbonyl (C=O) groups is 1. The maximum atomic E-state index is 12.2. The molecule has 7 unspecified atom stereocenters. The lowest BCUT2D eigenvalue weighted by Crippen LogP contribution is -2.47. The maximum Gasteiger partial charge on any atom is 0.313 e. The van der Waals surface area contributed by atoms with Gasteiger partial charge >= 0.3 is 5.97 Å². The predicted molar refractivity (Wildman–Crippen MR) is 67.0 cm³/mol. The van der Waals surface area contributed by atoms with Gasteiger partial charge in [0.15, 0.2) is 0 Å². The Morgan fingerprint density at radius 2 is 2.05 bits per heavy atom. The summed E-state index contributed by atoms with van der Waals surface area (Å²) < 4.78 is 5.28. The van der Waals surface area contributed by atoms with Crippen LogP contribution < -0.4 is 0 Å². The molecular weight excluding hydrogens is 244 g/mol. The SMILES string of the molecule is CC1(CO)CC2C(O)C3COC(=O)C34CC4(C)C2C1. The molecule has 4 aliphatic rings. The van der Waals surface area contributed by atoms with E-state index in [1.807, 2.05) is 0 Å². The molecule has 4 fully saturated rings. The lowest BCUT2D eigenvalue weighted by Gasteiger charge is -2.41. The van der Waals surface area contributed by atoms with Crippen molar-refractivity contribution in [1.29, 1.82) is 0 Å². The highest BCUT2D eigenvalue weighted by molar-refractivity contribution is 5.85. The van der Waals surface area contributed by atoms with Crippen molar-refractivity contribution < 1.29 is 19.7 Å². The molecule has 19 heavy (non-hydrogen) atoms. The van der Waals surface area contributed by atoms with Crippen LogP contribution in [0.25, 0.3) is 0 Å². The van der Waals surface area contributed by atoms with Crippen molar-refractivity contribution in [3.8, 4) is 0 Å². The highest BCUT2D eigenvalue weighted by Gasteiger charge is 2.83. The van der Waals surface area contributed by atoms with Gasteiger partial charge in [0.2, 0.25) is 0 Å². The molecular formula is C15H22O4. The normalized spacial score (nSPS) is 62.2. The van der Waals surface area contributed by atoms with Gasteiger partial charge in [0.1, 0.15) is 0 Å². The van der Waals surface area contributed by atoms with E-state index in [4.69, 9.17) is 4.74 Å². The third-order valence-corrected chi connectivity index (χ3v) is 6.94. The molecule has 0 bridgehead atoms. The molecule has 1 aliphatic heterocycles. The Bertz CT molecular complexity index is 463. The van der Waals surface area contributed by atoms with Crippen molar-refractivity contribution in [3.63, 3.8) is 0 Å². The molecule has 0 aromatic carbocycles. The van der Waals surface area contributed by atoms with Crippen LogP contribution in [0, 0.1) is 34.0 Å². The number of hydrogen-bond acceptors (Lipinski definition) is 4. The maximum absolute atomic E-state index is 12.2. The summed E-state index contributed by atoms with van der Waals surface area (Å²) in [5.74, 6) is 0.459. The van der Waals surface area contributed by atoms with Crippen molar-refractivity contribution in [3.05, 3.63) is 0 Å². The van der Waals surface area contributed by atoms with Gasteiger partial charge in [-0.15, -0.1) is 0 Å². The number of esters is 1. The molecule has 1 saturated heterocycles. The van der Waals surface area contributed by atoms with E-state index < -0.39 is 11.5 Å². The molecule has 0 radical (unpaired) electrons. The minimum atomic E-state index is -0.444. The number of carbonyl (C=O) groups excluding carboxylic acids is 1. The van der Waals surface area contributed by atoms with Gasteiger partial charge in [-0.05, 0) is 41.9 Å². The molecule has 0 aromatic rings. The van der Waals surface area contributed by atoms with Gasteiger partial charge in [0.25, 0.3) is 0 Å². The Balaban J connectivity index is 1.76. The fourth-order valence-electron chi connectivity index (χ4n) is 5.80. The van der Waals surface area contributed by atoms with Gasteiger partial charge < -0.3 is 14.9 Å². The minimum absolute atomic E-state index is 0.0118. The van der Waals surface area contributed by atoms with Crippen LogP contribution in [0.2, 0.25) is 0 Å². The van der Waals surface area contributed by atoms with Crippen molar-refractivity contribution in [1.82, 2.24) is 0 Å². The Labute approximate surface area is 113 Å². The zero-order chi connectivity index (χ0) is 13.6. The Kier molecular flexibility index (Phi) is 2.03. The molecule has 2 N–H and O–H groups in total. The van der Waals surface area contributed by atoms with Gasteiger partial charge in [-0.2, -0.15) is 0 Å². The first-order valence-corrected chi connectivity index (χ1v) is 7.34. The largest absolute Gasteiger partial charge is 0.465 e. The summed E-state index contributed by atoms with van der Waals surface area (Å²) in [5, 5.41) is 20.3. The first kappa shape index (κ1) is 12.2. The van der Waals surface area contributed by atoms with Crippen LogP contribution in [0.15, 0.2) is 0 Å². The van der Waals surface area contributed by atoms with E-state index in [-0.39, 0.29) is 35.2 Å². The number of ether oxygens (including phenoxy) is 1. The summed E-state index contributed by atoms with van der Waals surface area (Å²) in [6, 6.07) is 0. The molecule has 1 spiro atoms. The second kappa shape index (κ2) is 3.17. The lowest BCUT2D eigenvalue weighted by molar-refractivity contribution is -0.145. The molecule has 4 nitrogen and oxygen atoms in total. The average Bonchev–Trinajstić information content (AvgIpc) is 2.68. The van der Waals surface area contributed by atoms with E-state index in [0.717, 1.165) is 19.3 Å². The van der Waals surface area contributed by atoms with Crippen LogP contribution in [0.5, 0.6) is 0 Å². The predicted octanol–water partition coefficient (Wildman–Crippen LogP) is 0.955. The van der Waals surface area contributed by atoms with Crippen molar-refractivity contribution in [2.45, 2.75) is 39.2 Å². The van der Waals surface area contributed by atoms with Crippen LogP contribution >= 0.6 is 0 Å². The summed E-state index contributed by atoms with van der Waals surface area (Å²) in [6.45, 7) is 4.85. The molecule has 7 atom stereocenters. The highest BCUT2D eigenvalue weighted by Crippen LogP contribution is 2.81. The first-order valence-electron chi connectivity index (χ1n) is 7.34. The molecule has 3 saturated carbocycles. The highest BCUT2D eigenvalue weighted by atomic mass is 16.5. The number of fused-ring (bicyclic) bond motifs is 2. The van der Waals surface area contributed by atoms with Gasteiger partial charge in [0.05, 0.1) is 18.1 Å². The molecule has 3 aliphatic carbocycles. The molecule has 0 aromatic heterocycles. The van der Waals surface area contributed by atoms with Crippen LogP contribution in [-0.2, 0) is 9.53 Å². The van der Waals surface area contributed by atoms with Crippen LogP contribution in [-0.4, -0.2) is 35.5 Å². The van der Waals surface area contributed by atoms with E-state index in [0.29, 0.717) is 12.5 Å². The van der Waals surface area contributed by atoms with E-state index in [9.17, 15) is 15.0 Å². The monoisotopic (exact) mass is 266 g/mol. The Morgan fingerprint density at radius 3 is 2.74 bits per heavy atom. The standard InChI is InChI=1S/C15H22O4/c1-13(7-16)3-8-9(4-13)14(2)6-15(14)10(11(8)17)5-19-12(15)18/h8-11,16-17H,3-7H2,1-2H3. The minimum Gasteiger partial charge on any atom is -0.465 e. The van der Waals surface area contributed by atoms with Crippen LogP contribution in [0.4, 0.5) is 0 Å². The third-order valence-electron chi connectivity index (χ3n) is 6.94. The molecule has 4 rings (SSSR count). The summed E-state index contributed by atoms with van der Waals surface area (Å²) in [5.41, 5.74) is -0.512. The molecule has 1 heterocycles. The van der Waals surface area contributed by atoms with E-state index in [2.05, 4.69) is 13.8 Å². The second-order valence-corrected chi connectivity index (χ2v) is 7.91. The Hall–Kier alpha value is -0.610. The van der Waals surface area contributed by atoms with Crippen LogP contribution in [0.1, 0.15) is 33.1 Å². The first-order chi connectivity index (χ1) is 8.88. The second-order valence-electron chi connectivity index (χ2n) is 7.91. The summed E-state index contributed by atoms with van der Waals surface area (Å²) in [6.07, 6.45) is 2.21. The summed E-state index contributed by atoms with van der Waals surface area (Å²) in [7, 11) is 0. The average molecular weight is 266 g/mol. The molecule has 4 heteroatoms. The number of aliphatic hydroxyl groups excluding tert-OH is 2. The fraction of sp³-hybridized carbons (Fsp3) is 0.933. The van der Waals surface area contributed by atoms with E-state index >= 15 is 0 Å². The van der Waals surface area contributed by atoms with Crippen molar-refractivity contribution in [2.75, 3.05) is 13.2 Å². The zero-order valence-corrected chi connectivity index (χ0v) is 11.6. The van der Waals surface area contributed by atoms with E-state index in [1.54, 1.807) is 0 Å². The van der Waals surface area contributed by atoms with Crippen molar-refractivity contribution >= 4 is 5.97 Å². The van der Waals surface area contributed by atoms with Gasteiger partial charge in [-0.1, -0.05) is 13.8 Å².